The second-order valence-corrected chi connectivity index (χ2v) is 3.66. The van der Waals surface area contributed by atoms with Crippen LogP contribution in [0.4, 0.5) is 0 Å². The van der Waals surface area contributed by atoms with Gasteiger partial charge < -0.3 is 0 Å². The van der Waals surface area contributed by atoms with Gasteiger partial charge in [0.15, 0.2) is 0 Å². The van der Waals surface area contributed by atoms with Crippen molar-refractivity contribution in [3.05, 3.63) is 29.6 Å². The van der Waals surface area contributed by atoms with Crippen LogP contribution in [0, 0.1) is 6.92 Å². The maximum absolute atomic E-state index is 11.3. The summed E-state index contributed by atoms with van der Waals surface area (Å²) in [6, 6.07) is 2.09. The molecule has 0 aliphatic carbocycles. The zero-order valence-corrected chi connectivity index (χ0v) is 8.92. The van der Waals surface area contributed by atoms with Crippen LogP contribution in [0.3, 0.4) is 0 Å². The summed E-state index contributed by atoms with van der Waals surface area (Å²) < 4.78 is 0. The second kappa shape index (κ2) is 5.53. The minimum absolute atomic E-state index is 0.356. The Morgan fingerprint density at radius 3 is 2.79 bits per heavy atom. The highest BCUT2D eigenvalue weighted by Crippen LogP contribution is 2.06. The number of ketones is 1. The normalized spacial score (nSPS) is 10.1. The molecule has 0 amide bonds. The number of carbonyl (C=O) groups is 1. The number of hydrogen-bond donors (Lipinski definition) is 0. The van der Waals surface area contributed by atoms with E-state index in [2.05, 4.69) is 11.1 Å². The maximum atomic E-state index is 11.3. The quantitative estimate of drug-likeness (QED) is 0.716. The molecule has 76 valence electrons. The van der Waals surface area contributed by atoms with Gasteiger partial charge in [-0.25, -0.2) is 0 Å². The number of pyridine rings is 1. The molecule has 14 heavy (non-hydrogen) atoms. The third kappa shape index (κ3) is 3.69. The molecule has 0 saturated carbocycles. The molecule has 0 atom stereocenters. The van der Waals surface area contributed by atoms with Crippen LogP contribution in [-0.2, 0) is 11.2 Å². The summed E-state index contributed by atoms with van der Waals surface area (Å²) in [7, 11) is 0. The standard InChI is InChI=1S/C12H17NO/c1-3-4-12(14)6-5-11-7-10(2)8-13-9-11/h7-9H,3-6H2,1-2H3. The first kappa shape index (κ1) is 10.9. The first-order valence-electron chi connectivity index (χ1n) is 5.14. The molecular weight excluding hydrogens is 174 g/mol. The topological polar surface area (TPSA) is 30.0 Å². The average Bonchev–Trinajstić information content (AvgIpc) is 2.15. The molecule has 0 spiro atoms. The molecule has 0 N–H and O–H groups in total. The zero-order valence-electron chi connectivity index (χ0n) is 8.92. The minimum atomic E-state index is 0.356. The molecule has 0 fully saturated rings. The molecule has 1 rings (SSSR count). The Labute approximate surface area is 85.4 Å². The number of aryl methyl sites for hydroxylation is 2. The predicted molar refractivity (Wildman–Crippen MR) is 57.2 cm³/mol. The van der Waals surface area contributed by atoms with E-state index < -0.39 is 0 Å². The Morgan fingerprint density at radius 1 is 1.36 bits per heavy atom. The van der Waals surface area contributed by atoms with Gasteiger partial charge in [-0.1, -0.05) is 13.0 Å². The van der Waals surface area contributed by atoms with Gasteiger partial charge in [-0.15, -0.1) is 0 Å². The average molecular weight is 191 g/mol. The SMILES string of the molecule is CCCC(=O)CCc1cncc(C)c1. The summed E-state index contributed by atoms with van der Waals surface area (Å²) in [5.74, 6) is 0.356. The van der Waals surface area contributed by atoms with Crippen molar-refractivity contribution in [1.82, 2.24) is 4.98 Å². The van der Waals surface area contributed by atoms with Crippen LogP contribution < -0.4 is 0 Å². The highest BCUT2D eigenvalue weighted by molar-refractivity contribution is 5.78. The summed E-state index contributed by atoms with van der Waals surface area (Å²) in [4.78, 5) is 15.4. The van der Waals surface area contributed by atoms with Crippen LogP contribution in [-0.4, -0.2) is 10.8 Å². The summed E-state index contributed by atoms with van der Waals surface area (Å²) >= 11 is 0. The van der Waals surface area contributed by atoms with Gasteiger partial charge in [0.05, 0.1) is 0 Å². The molecule has 0 aliphatic heterocycles. The molecule has 1 aromatic heterocycles. The molecule has 0 unspecified atom stereocenters. The van der Waals surface area contributed by atoms with Crippen molar-refractivity contribution in [3.8, 4) is 0 Å². The Hall–Kier alpha value is -1.18. The largest absolute Gasteiger partial charge is 0.300 e. The van der Waals surface area contributed by atoms with Crippen molar-refractivity contribution in [2.75, 3.05) is 0 Å². The fraction of sp³-hybridized carbons (Fsp3) is 0.500. The van der Waals surface area contributed by atoms with E-state index >= 15 is 0 Å². The molecule has 0 radical (unpaired) electrons. The minimum Gasteiger partial charge on any atom is -0.300 e. The number of aromatic nitrogens is 1. The van der Waals surface area contributed by atoms with Crippen molar-refractivity contribution in [2.45, 2.75) is 39.5 Å². The third-order valence-corrected chi connectivity index (χ3v) is 2.15. The Morgan fingerprint density at radius 2 is 2.14 bits per heavy atom. The smallest absolute Gasteiger partial charge is 0.133 e. The van der Waals surface area contributed by atoms with E-state index in [0.717, 1.165) is 24.0 Å². The Balaban J connectivity index is 2.41. The van der Waals surface area contributed by atoms with E-state index in [1.165, 1.54) is 0 Å². The fourth-order valence-corrected chi connectivity index (χ4v) is 1.44. The summed E-state index contributed by atoms with van der Waals surface area (Å²) in [6.07, 6.45) is 6.81. The molecule has 1 heterocycles. The van der Waals surface area contributed by atoms with Gasteiger partial charge in [0, 0.05) is 25.2 Å². The van der Waals surface area contributed by atoms with E-state index in [1.807, 2.05) is 26.2 Å². The molecule has 1 aromatic rings. The molecule has 2 heteroatoms. The molecule has 2 nitrogen and oxygen atoms in total. The highest BCUT2D eigenvalue weighted by atomic mass is 16.1. The van der Waals surface area contributed by atoms with Crippen molar-refractivity contribution in [1.29, 1.82) is 0 Å². The van der Waals surface area contributed by atoms with E-state index in [9.17, 15) is 4.79 Å². The van der Waals surface area contributed by atoms with E-state index in [0.29, 0.717) is 18.6 Å². The number of rotatable bonds is 5. The van der Waals surface area contributed by atoms with Gasteiger partial charge in [-0.2, -0.15) is 0 Å². The van der Waals surface area contributed by atoms with Crippen LogP contribution >= 0.6 is 0 Å². The number of nitrogens with zero attached hydrogens (tertiary/aromatic N) is 1. The van der Waals surface area contributed by atoms with Crippen LogP contribution in [0.15, 0.2) is 18.5 Å². The number of hydrogen-bond acceptors (Lipinski definition) is 2. The van der Waals surface area contributed by atoms with Crippen molar-refractivity contribution >= 4 is 5.78 Å². The lowest BCUT2D eigenvalue weighted by molar-refractivity contribution is -0.119. The maximum Gasteiger partial charge on any atom is 0.133 e. The van der Waals surface area contributed by atoms with Gasteiger partial charge in [0.2, 0.25) is 0 Å². The predicted octanol–water partition coefficient (Wildman–Crippen LogP) is 2.69. The van der Waals surface area contributed by atoms with Crippen LogP contribution in [0.25, 0.3) is 0 Å². The van der Waals surface area contributed by atoms with Crippen molar-refractivity contribution in [2.24, 2.45) is 0 Å². The summed E-state index contributed by atoms with van der Waals surface area (Å²) in [5.41, 5.74) is 2.32. The van der Waals surface area contributed by atoms with E-state index in [1.54, 1.807) is 0 Å². The lowest BCUT2D eigenvalue weighted by atomic mass is 10.1. The third-order valence-electron chi connectivity index (χ3n) is 2.15. The van der Waals surface area contributed by atoms with Crippen LogP contribution in [0.2, 0.25) is 0 Å². The molecule has 0 saturated heterocycles. The lowest BCUT2D eigenvalue weighted by Gasteiger charge is -2.00. The van der Waals surface area contributed by atoms with Gasteiger partial charge in [0.1, 0.15) is 5.78 Å². The van der Waals surface area contributed by atoms with Gasteiger partial charge in [-0.3, -0.25) is 9.78 Å². The van der Waals surface area contributed by atoms with Crippen molar-refractivity contribution < 1.29 is 4.79 Å². The first-order valence-corrected chi connectivity index (χ1v) is 5.14. The van der Waals surface area contributed by atoms with Gasteiger partial charge in [-0.05, 0) is 30.9 Å². The van der Waals surface area contributed by atoms with E-state index in [-0.39, 0.29) is 0 Å². The monoisotopic (exact) mass is 191 g/mol. The van der Waals surface area contributed by atoms with Crippen LogP contribution in [0.5, 0.6) is 0 Å². The number of Topliss-reactive ketones (excluding diaryl/α,β-unsaturated/α-hetero) is 1. The van der Waals surface area contributed by atoms with Crippen molar-refractivity contribution in [3.63, 3.8) is 0 Å². The molecule has 0 aromatic carbocycles. The summed E-state index contributed by atoms with van der Waals surface area (Å²) in [5, 5.41) is 0. The van der Waals surface area contributed by atoms with Gasteiger partial charge >= 0.3 is 0 Å². The fourth-order valence-electron chi connectivity index (χ4n) is 1.44. The lowest BCUT2D eigenvalue weighted by Crippen LogP contribution is -1.99. The zero-order chi connectivity index (χ0) is 10.4. The molecule has 0 aliphatic rings. The Kier molecular flexibility index (Phi) is 4.30. The second-order valence-electron chi connectivity index (χ2n) is 3.66. The molecule has 0 bridgehead atoms. The number of carbonyl (C=O) groups excluding carboxylic acids is 1. The van der Waals surface area contributed by atoms with E-state index in [4.69, 9.17) is 0 Å². The van der Waals surface area contributed by atoms with Gasteiger partial charge in [0.25, 0.3) is 0 Å². The van der Waals surface area contributed by atoms with Crippen LogP contribution in [0.1, 0.15) is 37.3 Å². The Bertz CT molecular complexity index is 307. The first-order chi connectivity index (χ1) is 6.72. The summed E-state index contributed by atoms with van der Waals surface area (Å²) in [6.45, 7) is 4.05. The molecular formula is C12H17NO. The highest BCUT2D eigenvalue weighted by Gasteiger charge is 2.01.